The summed E-state index contributed by atoms with van der Waals surface area (Å²) >= 11 is 0. The smallest absolute Gasteiger partial charge is 0.430 e. The third kappa shape index (κ3) is 3.16. The van der Waals surface area contributed by atoms with Crippen molar-refractivity contribution in [3.8, 4) is 0 Å². The Kier molecular flexibility index (Phi) is 4.92. The number of alkyl halides is 3. The van der Waals surface area contributed by atoms with Gasteiger partial charge in [-0.05, 0) is 30.3 Å². The van der Waals surface area contributed by atoms with E-state index in [0.29, 0.717) is 0 Å². The molecule has 1 amide bonds. The van der Waals surface area contributed by atoms with Gasteiger partial charge in [-0.2, -0.15) is 13.2 Å². The van der Waals surface area contributed by atoms with E-state index < -0.39 is 34.1 Å². The number of esters is 1. The number of carbonyl (C=O) groups is 2. The molecule has 0 spiro atoms. The highest BCUT2D eigenvalue weighted by molar-refractivity contribution is 6.13. The number of hydrogen-bond donors (Lipinski definition) is 0. The van der Waals surface area contributed by atoms with Crippen LogP contribution in [0.4, 0.5) is 30.2 Å². The molecule has 10 heteroatoms. The Labute approximate surface area is 178 Å². The minimum Gasteiger partial charge on any atom is -0.430 e. The van der Waals surface area contributed by atoms with E-state index in [1.54, 1.807) is 18.2 Å². The molecule has 0 saturated heterocycles. The van der Waals surface area contributed by atoms with Crippen LogP contribution in [0.15, 0.2) is 78.9 Å². The van der Waals surface area contributed by atoms with E-state index in [4.69, 9.17) is 4.74 Å². The molecule has 3 aromatic carbocycles. The lowest BCUT2D eigenvalue weighted by Crippen LogP contribution is -2.53. The summed E-state index contributed by atoms with van der Waals surface area (Å²) in [6.45, 7) is 0. The Morgan fingerprint density at radius 2 is 1.53 bits per heavy atom. The number of ether oxygens (including phenoxy) is 1. The molecule has 0 fully saturated rings. The molecule has 0 aromatic heterocycles. The van der Waals surface area contributed by atoms with Gasteiger partial charge in [0.05, 0.1) is 16.2 Å². The minimum atomic E-state index is -5.29. The summed E-state index contributed by atoms with van der Waals surface area (Å²) in [6, 6.07) is 16.7. The third-order valence-corrected chi connectivity index (χ3v) is 5.00. The van der Waals surface area contributed by atoms with Crippen LogP contribution in [0.5, 0.6) is 0 Å². The number of benzene rings is 3. The van der Waals surface area contributed by atoms with Crippen molar-refractivity contribution in [2.75, 3.05) is 4.90 Å². The highest BCUT2D eigenvalue weighted by Gasteiger charge is 2.71. The fourth-order valence-electron chi connectivity index (χ4n) is 3.53. The molecule has 4 rings (SSSR count). The zero-order valence-corrected chi connectivity index (χ0v) is 16.1. The Morgan fingerprint density at radius 3 is 2.12 bits per heavy atom. The van der Waals surface area contributed by atoms with Gasteiger partial charge in [0.1, 0.15) is 0 Å². The molecule has 1 unspecified atom stereocenters. The molecule has 0 bridgehead atoms. The van der Waals surface area contributed by atoms with Gasteiger partial charge in [0.2, 0.25) is 0 Å². The predicted octanol–water partition coefficient (Wildman–Crippen LogP) is 4.89. The van der Waals surface area contributed by atoms with Crippen LogP contribution in [0.3, 0.4) is 0 Å². The summed E-state index contributed by atoms with van der Waals surface area (Å²) in [5.41, 5.74) is -4.75. The molecule has 1 atom stereocenters. The number of carbonyl (C=O) groups excluding carboxylic acids is 2. The summed E-state index contributed by atoms with van der Waals surface area (Å²) in [5, 5.41) is 10.8. The van der Waals surface area contributed by atoms with Crippen LogP contribution >= 0.6 is 0 Å². The molecule has 1 aliphatic heterocycles. The van der Waals surface area contributed by atoms with Gasteiger partial charge in [0.15, 0.2) is 0 Å². The van der Waals surface area contributed by atoms with E-state index in [0.717, 1.165) is 35.2 Å². The first-order valence-corrected chi connectivity index (χ1v) is 9.20. The first kappa shape index (κ1) is 21.0. The average Bonchev–Trinajstić information content (AvgIpc) is 3.03. The van der Waals surface area contributed by atoms with Gasteiger partial charge < -0.3 is 4.74 Å². The Hall–Kier alpha value is -4.21. The SMILES string of the molecule is O=C(OC1(C(F)(F)F)C(=O)N(c2ccccc2)c2ccccc21)c1ccc([N+](=O)[O-])cc1. The van der Waals surface area contributed by atoms with Gasteiger partial charge in [0, 0.05) is 23.4 Å². The predicted molar refractivity (Wildman–Crippen MR) is 106 cm³/mol. The second-order valence-electron chi connectivity index (χ2n) is 6.87. The van der Waals surface area contributed by atoms with E-state index in [2.05, 4.69) is 0 Å². The Morgan fingerprint density at radius 1 is 0.938 bits per heavy atom. The number of nitrogens with zero attached hydrogens (tertiary/aromatic N) is 2. The van der Waals surface area contributed by atoms with Crippen molar-refractivity contribution in [1.29, 1.82) is 0 Å². The molecule has 0 N–H and O–H groups in total. The van der Waals surface area contributed by atoms with E-state index >= 15 is 0 Å². The molecule has 3 aromatic rings. The maximum Gasteiger partial charge on any atom is 0.442 e. The summed E-state index contributed by atoms with van der Waals surface area (Å²) < 4.78 is 48.3. The third-order valence-electron chi connectivity index (χ3n) is 5.00. The molecular formula is C22H13F3N2O5. The van der Waals surface area contributed by atoms with Gasteiger partial charge >= 0.3 is 17.7 Å². The largest absolute Gasteiger partial charge is 0.442 e. The monoisotopic (exact) mass is 442 g/mol. The first-order valence-electron chi connectivity index (χ1n) is 9.20. The molecular weight excluding hydrogens is 429 g/mol. The lowest BCUT2D eigenvalue weighted by Gasteiger charge is -2.30. The van der Waals surface area contributed by atoms with E-state index in [-0.39, 0.29) is 22.6 Å². The van der Waals surface area contributed by atoms with Crippen LogP contribution in [0.2, 0.25) is 0 Å². The maximum atomic E-state index is 14.5. The highest BCUT2D eigenvalue weighted by Crippen LogP contribution is 2.54. The average molecular weight is 442 g/mol. The zero-order valence-electron chi connectivity index (χ0n) is 16.1. The number of nitro groups is 1. The maximum absolute atomic E-state index is 14.5. The molecule has 0 saturated carbocycles. The number of nitro benzene ring substituents is 1. The number of anilines is 2. The van der Waals surface area contributed by atoms with Crippen molar-refractivity contribution in [3.05, 3.63) is 100 Å². The number of rotatable bonds is 4. The van der Waals surface area contributed by atoms with Gasteiger partial charge in [-0.25, -0.2) is 4.79 Å². The molecule has 32 heavy (non-hydrogen) atoms. The van der Waals surface area contributed by atoms with Crippen LogP contribution in [0.1, 0.15) is 15.9 Å². The van der Waals surface area contributed by atoms with Crippen LogP contribution in [0.25, 0.3) is 0 Å². The number of non-ortho nitro benzene ring substituents is 1. The van der Waals surface area contributed by atoms with Crippen LogP contribution in [0, 0.1) is 10.1 Å². The van der Waals surface area contributed by atoms with Crippen molar-refractivity contribution >= 4 is 28.9 Å². The number of halogens is 3. The summed E-state index contributed by atoms with van der Waals surface area (Å²) in [7, 11) is 0. The molecule has 1 aliphatic rings. The van der Waals surface area contributed by atoms with Crippen molar-refractivity contribution in [2.45, 2.75) is 11.8 Å². The summed E-state index contributed by atoms with van der Waals surface area (Å²) in [6.07, 6.45) is -5.29. The zero-order chi connectivity index (χ0) is 23.1. The molecule has 0 radical (unpaired) electrons. The van der Waals surface area contributed by atoms with Gasteiger partial charge in [-0.3, -0.25) is 19.8 Å². The minimum absolute atomic E-state index is 0.0717. The molecule has 0 aliphatic carbocycles. The number of hydrogen-bond acceptors (Lipinski definition) is 5. The lowest BCUT2D eigenvalue weighted by atomic mass is 9.94. The fourth-order valence-corrected chi connectivity index (χ4v) is 3.53. The highest BCUT2D eigenvalue weighted by atomic mass is 19.4. The topological polar surface area (TPSA) is 89.8 Å². The normalized spacial score (nSPS) is 17.7. The number of para-hydroxylation sites is 2. The van der Waals surface area contributed by atoms with E-state index in [1.165, 1.54) is 30.3 Å². The number of amides is 1. The van der Waals surface area contributed by atoms with E-state index in [9.17, 15) is 32.9 Å². The summed E-state index contributed by atoms with van der Waals surface area (Å²) in [4.78, 5) is 36.9. The van der Waals surface area contributed by atoms with Crippen LogP contribution in [-0.4, -0.2) is 23.0 Å². The van der Waals surface area contributed by atoms with Gasteiger partial charge in [-0.1, -0.05) is 36.4 Å². The lowest BCUT2D eigenvalue weighted by molar-refractivity contribution is -0.384. The fraction of sp³-hybridized carbons (Fsp3) is 0.0909. The van der Waals surface area contributed by atoms with Crippen molar-refractivity contribution in [1.82, 2.24) is 0 Å². The molecule has 162 valence electrons. The second-order valence-corrected chi connectivity index (χ2v) is 6.87. The van der Waals surface area contributed by atoms with Crippen molar-refractivity contribution < 1.29 is 32.4 Å². The summed E-state index contributed by atoms with van der Waals surface area (Å²) in [5.74, 6) is -2.94. The molecule has 7 nitrogen and oxygen atoms in total. The molecule has 1 heterocycles. The van der Waals surface area contributed by atoms with Crippen LogP contribution in [-0.2, 0) is 15.1 Å². The first-order chi connectivity index (χ1) is 15.2. The second kappa shape index (κ2) is 7.49. The van der Waals surface area contributed by atoms with Crippen molar-refractivity contribution in [2.24, 2.45) is 0 Å². The number of fused-ring (bicyclic) bond motifs is 1. The van der Waals surface area contributed by atoms with Crippen molar-refractivity contribution in [3.63, 3.8) is 0 Å². The Bertz CT molecular complexity index is 1210. The Balaban J connectivity index is 1.83. The van der Waals surface area contributed by atoms with Gasteiger partial charge in [0.25, 0.3) is 11.6 Å². The van der Waals surface area contributed by atoms with Gasteiger partial charge in [-0.15, -0.1) is 0 Å². The quantitative estimate of drug-likeness (QED) is 0.326. The standard InChI is InChI=1S/C22H13F3N2O5/c23-22(24,25)21(32-19(28)14-10-12-16(13-11-14)27(30)31)17-8-4-5-9-18(17)26(20(21)29)15-6-2-1-3-7-15/h1-13H. The van der Waals surface area contributed by atoms with Crippen LogP contribution < -0.4 is 4.90 Å². The van der Waals surface area contributed by atoms with E-state index in [1.807, 2.05) is 0 Å².